The monoisotopic (exact) mass is 280 g/mol. The molecule has 1 N–H and O–H groups in total. The molecule has 0 spiro atoms. The summed E-state index contributed by atoms with van der Waals surface area (Å²) >= 11 is 0. The zero-order valence-electron chi connectivity index (χ0n) is 12.9. The van der Waals surface area contributed by atoms with Crippen LogP contribution in [0.5, 0.6) is 0 Å². The van der Waals surface area contributed by atoms with Crippen molar-refractivity contribution < 1.29 is 9.52 Å². The summed E-state index contributed by atoms with van der Waals surface area (Å²) in [5.74, 6) is 0.606. The van der Waals surface area contributed by atoms with Gasteiger partial charge in [0.1, 0.15) is 17.4 Å². The minimum atomic E-state index is -0.725. The van der Waals surface area contributed by atoms with Crippen LogP contribution in [0.3, 0.4) is 0 Å². The van der Waals surface area contributed by atoms with Gasteiger partial charge >= 0.3 is 0 Å². The third-order valence-electron chi connectivity index (χ3n) is 4.04. The maximum atomic E-state index is 10.7. The number of fused-ring (bicyclic) bond motifs is 1. The highest BCUT2D eigenvalue weighted by Crippen LogP contribution is 2.33. The number of hydrogen-bond donors (Lipinski definition) is 1. The zero-order valence-corrected chi connectivity index (χ0v) is 12.9. The highest BCUT2D eigenvalue weighted by atomic mass is 16.4. The van der Waals surface area contributed by atoms with E-state index in [1.54, 1.807) is 0 Å². The molecule has 0 aliphatic rings. The van der Waals surface area contributed by atoms with Gasteiger partial charge in [0.05, 0.1) is 0 Å². The number of aliphatic hydroxyl groups is 1. The SMILES string of the molecule is Cc1cc(C)c(C(O)c2cc3cccc(C)c3o2)c(C)c1. The predicted molar refractivity (Wildman–Crippen MR) is 85.7 cm³/mol. The third kappa shape index (κ3) is 2.36. The molecule has 0 amide bonds. The molecule has 0 saturated carbocycles. The number of aryl methyl sites for hydroxylation is 4. The second-order valence-corrected chi connectivity index (χ2v) is 5.86. The molecule has 0 bridgehead atoms. The van der Waals surface area contributed by atoms with Crippen molar-refractivity contribution in [1.29, 1.82) is 0 Å². The van der Waals surface area contributed by atoms with Crippen LogP contribution in [0.1, 0.15) is 39.7 Å². The fraction of sp³-hybridized carbons (Fsp3) is 0.263. The van der Waals surface area contributed by atoms with Gasteiger partial charge in [-0.15, -0.1) is 0 Å². The van der Waals surface area contributed by atoms with E-state index in [0.717, 1.165) is 33.2 Å². The quantitative estimate of drug-likeness (QED) is 0.735. The summed E-state index contributed by atoms with van der Waals surface area (Å²) in [6, 6.07) is 12.2. The molecule has 3 aromatic rings. The smallest absolute Gasteiger partial charge is 0.138 e. The Labute approximate surface area is 125 Å². The molecule has 0 aliphatic heterocycles. The van der Waals surface area contributed by atoms with E-state index in [1.807, 2.05) is 45.0 Å². The first-order chi connectivity index (χ1) is 9.97. The number of rotatable bonds is 2. The Morgan fingerprint density at radius 1 is 0.905 bits per heavy atom. The summed E-state index contributed by atoms with van der Waals surface area (Å²) in [5.41, 5.74) is 6.28. The summed E-state index contributed by atoms with van der Waals surface area (Å²) < 4.78 is 5.91. The maximum absolute atomic E-state index is 10.7. The van der Waals surface area contributed by atoms with Crippen molar-refractivity contribution in [3.8, 4) is 0 Å². The van der Waals surface area contributed by atoms with Crippen LogP contribution >= 0.6 is 0 Å². The van der Waals surface area contributed by atoms with Crippen molar-refractivity contribution in [2.45, 2.75) is 33.8 Å². The second-order valence-electron chi connectivity index (χ2n) is 5.86. The molecule has 1 atom stereocenters. The lowest BCUT2D eigenvalue weighted by Crippen LogP contribution is -2.04. The van der Waals surface area contributed by atoms with E-state index in [1.165, 1.54) is 5.56 Å². The Balaban J connectivity index is 2.12. The van der Waals surface area contributed by atoms with E-state index in [9.17, 15) is 5.11 Å². The van der Waals surface area contributed by atoms with Gasteiger partial charge in [0.2, 0.25) is 0 Å². The summed E-state index contributed by atoms with van der Waals surface area (Å²) in [4.78, 5) is 0. The number of furan rings is 1. The lowest BCUT2D eigenvalue weighted by Gasteiger charge is -2.15. The van der Waals surface area contributed by atoms with Crippen LogP contribution in [0.2, 0.25) is 0 Å². The highest BCUT2D eigenvalue weighted by Gasteiger charge is 2.20. The first-order valence-electron chi connectivity index (χ1n) is 7.22. The van der Waals surface area contributed by atoms with E-state index in [4.69, 9.17) is 4.42 Å². The topological polar surface area (TPSA) is 33.4 Å². The average molecular weight is 280 g/mol. The number of para-hydroxylation sites is 1. The van der Waals surface area contributed by atoms with Gasteiger partial charge in [0, 0.05) is 5.39 Å². The van der Waals surface area contributed by atoms with E-state index in [0.29, 0.717) is 5.76 Å². The summed E-state index contributed by atoms with van der Waals surface area (Å²) in [7, 11) is 0. The van der Waals surface area contributed by atoms with Gasteiger partial charge in [-0.2, -0.15) is 0 Å². The van der Waals surface area contributed by atoms with Gasteiger partial charge in [-0.3, -0.25) is 0 Å². The minimum absolute atomic E-state index is 0.606. The molecule has 0 fully saturated rings. The highest BCUT2D eigenvalue weighted by molar-refractivity contribution is 5.81. The Morgan fingerprint density at radius 2 is 1.57 bits per heavy atom. The Morgan fingerprint density at radius 3 is 2.19 bits per heavy atom. The van der Waals surface area contributed by atoms with Gasteiger partial charge in [-0.1, -0.05) is 35.9 Å². The van der Waals surface area contributed by atoms with Gasteiger partial charge in [-0.25, -0.2) is 0 Å². The van der Waals surface area contributed by atoms with Gasteiger partial charge in [-0.05, 0) is 56.0 Å². The fourth-order valence-electron chi connectivity index (χ4n) is 3.13. The normalized spacial score (nSPS) is 12.8. The number of hydrogen-bond acceptors (Lipinski definition) is 2. The molecule has 21 heavy (non-hydrogen) atoms. The van der Waals surface area contributed by atoms with Gasteiger partial charge in [0.25, 0.3) is 0 Å². The molecule has 2 aromatic carbocycles. The van der Waals surface area contributed by atoms with Crippen molar-refractivity contribution in [3.05, 3.63) is 70.0 Å². The third-order valence-corrected chi connectivity index (χ3v) is 4.04. The maximum Gasteiger partial charge on any atom is 0.138 e. The second kappa shape index (κ2) is 5.05. The van der Waals surface area contributed by atoms with E-state index >= 15 is 0 Å². The van der Waals surface area contributed by atoms with Gasteiger partial charge in [0.15, 0.2) is 0 Å². The van der Waals surface area contributed by atoms with Crippen LogP contribution in [0, 0.1) is 27.7 Å². The molecule has 1 aromatic heterocycles. The average Bonchev–Trinajstić information content (AvgIpc) is 2.82. The van der Waals surface area contributed by atoms with E-state index in [2.05, 4.69) is 19.1 Å². The fourth-order valence-corrected chi connectivity index (χ4v) is 3.13. The Hall–Kier alpha value is -2.06. The number of aliphatic hydroxyl groups excluding tert-OH is 1. The Kier molecular flexibility index (Phi) is 3.34. The molecule has 108 valence electrons. The van der Waals surface area contributed by atoms with Crippen LogP contribution in [0.15, 0.2) is 40.8 Å². The summed E-state index contributed by atoms with van der Waals surface area (Å²) in [6.07, 6.45) is -0.725. The molecular weight excluding hydrogens is 260 g/mol. The van der Waals surface area contributed by atoms with Crippen LogP contribution < -0.4 is 0 Å². The van der Waals surface area contributed by atoms with Crippen molar-refractivity contribution in [1.82, 2.24) is 0 Å². The van der Waals surface area contributed by atoms with E-state index < -0.39 is 6.10 Å². The molecule has 1 heterocycles. The first-order valence-corrected chi connectivity index (χ1v) is 7.22. The largest absolute Gasteiger partial charge is 0.458 e. The van der Waals surface area contributed by atoms with Crippen LogP contribution in [-0.2, 0) is 0 Å². The van der Waals surface area contributed by atoms with Crippen LogP contribution in [0.4, 0.5) is 0 Å². The lowest BCUT2D eigenvalue weighted by atomic mass is 9.94. The van der Waals surface area contributed by atoms with E-state index in [-0.39, 0.29) is 0 Å². The standard InChI is InChI=1S/C19H20O2/c1-11-8-13(3)17(14(4)9-11)18(20)16-10-15-7-5-6-12(2)19(15)21-16/h5-10,18,20H,1-4H3. The molecule has 0 saturated heterocycles. The number of benzene rings is 2. The minimum Gasteiger partial charge on any atom is -0.458 e. The molecule has 2 heteroatoms. The molecule has 0 radical (unpaired) electrons. The Bertz CT molecular complexity index is 789. The lowest BCUT2D eigenvalue weighted by molar-refractivity contribution is 0.191. The van der Waals surface area contributed by atoms with Crippen molar-refractivity contribution >= 4 is 11.0 Å². The molecule has 3 rings (SSSR count). The summed E-state index contributed by atoms with van der Waals surface area (Å²) in [5, 5.41) is 11.8. The van der Waals surface area contributed by atoms with Crippen LogP contribution in [0.25, 0.3) is 11.0 Å². The van der Waals surface area contributed by atoms with Crippen molar-refractivity contribution in [3.63, 3.8) is 0 Å². The first kappa shape index (κ1) is 13.9. The molecule has 2 nitrogen and oxygen atoms in total. The zero-order chi connectivity index (χ0) is 15.1. The molecule has 1 unspecified atom stereocenters. The summed E-state index contributed by atoms with van der Waals surface area (Å²) in [6.45, 7) is 8.16. The van der Waals surface area contributed by atoms with Crippen LogP contribution in [-0.4, -0.2) is 5.11 Å². The molecular formula is C19H20O2. The molecule has 0 aliphatic carbocycles. The predicted octanol–water partition coefficient (Wildman–Crippen LogP) is 4.75. The van der Waals surface area contributed by atoms with Gasteiger partial charge < -0.3 is 9.52 Å². The van der Waals surface area contributed by atoms with Crippen molar-refractivity contribution in [2.24, 2.45) is 0 Å². The van der Waals surface area contributed by atoms with Crippen molar-refractivity contribution in [2.75, 3.05) is 0 Å².